The maximum atomic E-state index is 9.75. The van der Waals surface area contributed by atoms with E-state index in [0.717, 1.165) is 106 Å². The molecule has 0 aliphatic heterocycles. The number of hydrazone groups is 3. The molecule has 115 heavy (non-hydrogen) atoms. The van der Waals surface area contributed by atoms with Gasteiger partial charge in [-0.15, -0.1) is 33.2 Å². The van der Waals surface area contributed by atoms with Gasteiger partial charge in [-0.05, 0) is 213 Å². The van der Waals surface area contributed by atoms with Gasteiger partial charge in [-0.3, -0.25) is 13.6 Å². The minimum atomic E-state index is -1.29. The smallest absolute Gasteiger partial charge is 0.540 e. The van der Waals surface area contributed by atoms with Crippen LogP contribution in [0.15, 0.2) is 250 Å². The summed E-state index contributed by atoms with van der Waals surface area (Å²) in [5.74, 6) is 5.85. The van der Waals surface area contributed by atoms with Crippen molar-refractivity contribution < 1.29 is 169 Å². The minimum absolute atomic E-state index is 0. The second-order valence-electron chi connectivity index (χ2n) is 22.0. The van der Waals surface area contributed by atoms with E-state index >= 15 is 0 Å². The summed E-state index contributed by atoms with van der Waals surface area (Å²) in [5, 5.41) is 28.9. The Morgan fingerprint density at radius 3 is 1.03 bits per heavy atom. The first-order valence-electron chi connectivity index (χ1n) is 32.3. The first-order chi connectivity index (χ1) is 52.7. The Morgan fingerprint density at radius 2 is 0.713 bits per heavy atom. The number of rotatable bonds is 36. The Morgan fingerprint density at radius 1 is 0.409 bits per heavy atom. The van der Waals surface area contributed by atoms with Crippen LogP contribution in [-0.4, -0.2) is 101 Å². The molecule has 0 aliphatic rings. The maximum Gasteiger partial charge on any atom is 0.540 e. The van der Waals surface area contributed by atoms with E-state index in [1.165, 1.54) is 16.7 Å². The van der Waals surface area contributed by atoms with Crippen LogP contribution >= 0.6 is 72.0 Å². The molecule has 0 aliphatic carbocycles. The van der Waals surface area contributed by atoms with Crippen LogP contribution in [0.25, 0.3) is 32.0 Å². The van der Waals surface area contributed by atoms with Crippen LogP contribution < -0.4 is 37.0 Å². The summed E-state index contributed by atoms with van der Waals surface area (Å²) in [7, 11) is 33.4. The molecule has 1 N–H and O–H groups in total. The first kappa shape index (κ1) is 113. The first-order valence-corrected chi connectivity index (χ1v) is 48.5. The van der Waals surface area contributed by atoms with Crippen molar-refractivity contribution in [3.05, 3.63) is 321 Å². The molecule has 0 saturated heterocycles. The Bertz CT molecular complexity index is 4260. The van der Waals surface area contributed by atoms with Gasteiger partial charge in [0, 0.05) is 147 Å². The largest absolute Gasteiger partial charge is 0.610 e. The molecular weight excluding hydrogens is 2710 g/mol. The number of ether oxygens (including phenoxy) is 1. The average molecular weight is 2790 g/mol. The van der Waals surface area contributed by atoms with Gasteiger partial charge in [0.2, 0.25) is 35.4 Å². The Kier molecular flexibility index (Phi) is 67.0. The van der Waals surface area contributed by atoms with E-state index in [1.54, 1.807) is 122 Å². The fraction of sp³-hybridized carbons (Fsp3) is 0.137. The Hall–Kier alpha value is -3.64. The molecule has 0 fully saturated rings. The SMILES string of the molecule is [CH2-]N([CH2-])CCc1ccc(O[P+](=S)N(C)/N=C/c2ccc(OC)cc2)cc1.[CH2-]N([CH2-])CCc1ccc(O[P+](=S)N(C)/N=C/c2ccc(OPPP)cc2)cc1.[CH2-]N([CH2-])CCc1ccc(O[P+](=S)N(C)/N=C/c2ccc(OPPP)cc2)cc1.[N-]=[N+]=NOc1ccccc1.[N-]=[N+]=NOc1ccccc1-c1ccccc1O.[W].[W].[W].[W].[W].[W]. The van der Waals surface area contributed by atoms with Gasteiger partial charge < -0.3 is 85.6 Å². The molecular formula is C73H85N15O9P9S3W6-3. The van der Waals surface area contributed by atoms with E-state index in [9.17, 15) is 5.11 Å². The number of benzene rings is 9. The summed E-state index contributed by atoms with van der Waals surface area (Å²) >= 11 is 16.3. The molecule has 0 aromatic heterocycles. The van der Waals surface area contributed by atoms with Crippen LogP contribution in [0.5, 0.6) is 51.7 Å². The van der Waals surface area contributed by atoms with Crippen molar-refractivity contribution in [2.45, 2.75) is 19.3 Å². The van der Waals surface area contributed by atoms with Gasteiger partial charge in [0.1, 0.15) is 45.1 Å². The van der Waals surface area contributed by atoms with Crippen molar-refractivity contribution in [3.8, 4) is 62.9 Å². The van der Waals surface area contributed by atoms with Gasteiger partial charge in [0.05, 0.1) is 63.9 Å². The van der Waals surface area contributed by atoms with Gasteiger partial charge in [-0.25, -0.2) is 0 Å². The summed E-state index contributed by atoms with van der Waals surface area (Å²) in [4.78, 5) is 19.4. The number of methoxy groups -OCH3 is 1. The van der Waals surface area contributed by atoms with Crippen LogP contribution in [0.1, 0.15) is 33.4 Å². The van der Waals surface area contributed by atoms with Crippen molar-refractivity contribution in [2.75, 3.05) is 47.9 Å². The third kappa shape index (κ3) is 49.2. The molecule has 9 unspecified atom stereocenters. The number of hydrogen-bond acceptors (Lipinski definition) is 20. The summed E-state index contributed by atoms with van der Waals surface area (Å²) < 4.78 is 38.8. The van der Waals surface area contributed by atoms with Gasteiger partial charge in [0.25, 0.3) is 0 Å². The predicted octanol–water partition coefficient (Wildman–Crippen LogP) is 21.4. The molecule has 608 valence electrons. The van der Waals surface area contributed by atoms with Crippen LogP contribution in [0, 0.1) is 42.3 Å². The zero-order chi connectivity index (χ0) is 79.0. The molecule has 0 spiro atoms. The van der Waals surface area contributed by atoms with Gasteiger partial charge in [-0.2, -0.15) is 0 Å². The standard InChI is InChI=1S/C19H23N3O2PS.2C18H24N3O2P4S.C12H9N3O2.C6H5N3O.6W/c1-21(2)14-13-16-5-11-19(12-6-16)24-25(26)22(3)20-15-17-7-9-18(23-4)10-8-17;2*1-20(2)13-12-15-4-10-18(11-5-15)23-27(28)21(3)19-14-16-6-8-17(9-7-16)22-25-26-24;13-14-15-17-12-8-4-2-6-10(12)9-5-1-3-7-11(9)16;7-8-9-10-6-4-2-1-3-5-6;;;;;;/h5-12,15H,1-2,13-14H2,3-4H3;2*4-11,14,25-26H,1-2,12-13,24H2,3H3;1-8,16H;1-5H;;;;;;/q3*-1;;;;;;;;/b20-15+;2*19-14+;;;;;;;;. The van der Waals surface area contributed by atoms with Crippen LogP contribution in [0.3, 0.4) is 0 Å². The zero-order valence-corrected chi connectivity index (χ0v) is 91.7. The summed E-state index contributed by atoms with van der Waals surface area (Å²) in [6.45, 7) is 2.41. The monoisotopic (exact) mass is 2790 g/mol. The van der Waals surface area contributed by atoms with E-state index in [2.05, 4.69) is 101 Å². The Labute approximate surface area is 791 Å². The van der Waals surface area contributed by atoms with Gasteiger partial charge in [-0.1, -0.05) is 125 Å². The van der Waals surface area contributed by atoms with E-state index in [-0.39, 0.29) is 132 Å². The minimum Gasteiger partial charge on any atom is -0.610 e. The molecule has 9 aromatic carbocycles. The van der Waals surface area contributed by atoms with Crippen LogP contribution in [0.4, 0.5) is 0 Å². The van der Waals surface area contributed by atoms with E-state index < -0.39 is 21.2 Å². The second-order valence-corrected chi connectivity index (χ2v) is 38.1. The second kappa shape index (κ2) is 68.0. The number of hydrogen-bond donors (Lipinski definition) is 1. The third-order valence-electron chi connectivity index (χ3n) is 13.8. The molecule has 0 heterocycles. The normalized spacial score (nSPS) is 10.8. The average Bonchev–Trinajstić information content (AvgIpc) is 0.825. The maximum absolute atomic E-state index is 9.75. The number of para-hydroxylation sites is 3. The number of nitrogens with zero attached hydrogens (tertiary/aromatic N) is 15. The van der Waals surface area contributed by atoms with Crippen molar-refractivity contribution in [2.24, 2.45) is 25.9 Å². The fourth-order valence-corrected chi connectivity index (χ4v) is 13.8. The Balaban J connectivity index is 0. The summed E-state index contributed by atoms with van der Waals surface area (Å²) in [6, 6.07) is 69.7. The number of azide groups is 2. The number of phenols is 1. The topological polar surface area (TPSA) is 248 Å². The van der Waals surface area contributed by atoms with Crippen molar-refractivity contribution in [1.29, 1.82) is 0 Å². The molecule has 0 bridgehead atoms. The van der Waals surface area contributed by atoms with Crippen molar-refractivity contribution in [1.82, 2.24) is 29.0 Å². The van der Waals surface area contributed by atoms with Gasteiger partial charge >= 0.3 is 21.2 Å². The zero-order valence-electron chi connectivity index (χ0n) is 62.7. The van der Waals surface area contributed by atoms with Gasteiger partial charge in [0.15, 0.2) is 17.2 Å². The quantitative estimate of drug-likeness (QED) is 0.00729. The van der Waals surface area contributed by atoms with E-state index in [4.69, 9.17) is 78.7 Å². The molecule has 42 heteroatoms. The molecule has 24 nitrogen and oxygen atoms in total. The molecule has 0 amide bonds. The molecule has 9 atom stereocenters. The molecule has 9 aromatic rings. The molecule has 9 rings (SSSR count). The van der Waals surface area contributed by atoms with Crippen LogP contribution in [0.2, 0.25) is 0 Å². The van der Waals surface area contributed by atoms with Crippen molar-refractivity contribution in [3.63, 3.8) is 0 Å². The van der Waals surface area contributed by atoms with Crippen molar-refractivity contribution >= 4 is 126 Å². The third-order valence-corrected chi connectivity index (χ3v) is 23.8. The summed E-state index contributed by atoms with van der Waals surface area (Å²) in [6.07, 6.45) is 7.95. The van der Waals surface area contributed by atoms with E-state index in [0.29, 0.717) is 39.6 Å². The number of phenolic OH excluding ortho intramolecular Hbond substituents is 1. The fourth-order valence-electron chi connectivity index (χ4n) is 8.23. The van der Waals surface area contributed by atoms with Crippen LogP contribution in [-0.2, 0) is 181 Å². The predicted molar refractivity (Wildman–Crippen MR) is 473 cm³/mol. The number of aromatic hydroxyl groups is 1. The van der Waals surface area contributed by atoms with E-state index in [1.807, 2.05) is 179 Å². The molecule has 0 radical (unpaired) electrons. The molecule has 0 saturated carbocycles. The summed E-state index contributed by atoms with van der Waals surface area (Å²) in [5.41, 5.74) is 23.9.